The second-order valence-electron chi connectivity index (χ2n) is 23.3. The maximum Gasteiger partial charge on any atom is 0.0541 e. The molecule has 0 spiro atoms. The molecule has 4 nitrogen and oxygen atoms in total. The zero-order valence-electron chi connectivity index (χ0n) is 50.1. The van der Waals surface area contributed by atoms with Crippen LogP contribution in [0.4, 0.5) is 34.1 Å². The standard InChI is InChI=1S/C83H68N4/c1-6-56-25-46-78-73(51-56)74-52-57(7-2)26-47-79(74)86(78)68-41-37-66(38-42-68)84(62-18-12-10-13-19-62)64-33-29-60(30-34-64)82-70-22-16-17-23-71(70)83(77-50-55(5)24-45-72(77)82)61-31-35-65(36-32-61)85(63-20-14-11-15-21-63)67-39-43-69(44-40-67)87-80-48-27-58(8-3)53-75(80)76-54-59(9-4)28-49-81(76)87/h10-54H,6-9H2,1-5H3. The van der Waals surface area contributed by atoms with Crippen LogP contribution >= 0.6 is 0 Å². The molecule has 2 aromatic heterocycles. The summed E-state index contributed by atoms with van der Waals surface area (Å²) in [4.78, 5) is 4.74. The van der Waals surface area contributed by atoms with Crippen molar-refractivity contribution in [2.75, 3.05) is 9.80 Å². The lowest BCUT2D eigenvalue weighted by atomic mass is 9.85. The SMILES string of the molecule is CCc1ccc2c(c1)c1cc(CC)ccc1n2-c1ccc(N(c2ccccc2)c2ccc(-c3c4ccccc4c(-c4ccc(N(c5ccccc5)c5ccc(-n6c7ccc(CC)cc7c7cc(CC)ccc76)cc5)cc4)c4cc(C)ccc34)cc2)cc1. The molecule has 0 saturated heterocycles. The first kappa shape index (κ1) is 53.3. The zero-order valence-corrected chi connectivity index (χ0v) is 50.1. The molecule has 0 fully saturated rings. The van der Waals surface area contributed by atoms with E-state index in [1.165, 1.54) is 115 Å². The summed E-state index contributed by atoms with van der Waals surface area (Å²) < 4.78 is 4.86. The molecule has 0 atom stereocenters. The molecule has 0 aliphatic rings. The molecule has 0 N–H and O–H groups in total. The van der Waals surface area contributed by atoms with Gasteiger partial charge < -0.3 is 18.9 Å². The van der Waals surface area contributed by atoms with Gasteiger partial charge in [0.15, 0.2) is 0 Å². The van der Waals surface area contributed by atoms with Gasteiger partial charge in [0.1, 0.15) is 0 Å². The van der Waals surface area contributed by atoms with Crippen LogP contribution in [-0.2, 0) is 25.7 Å². The molecule has 2 heterocycles. The fourth-order valence-electron chi connectivity index (χ4n) is 13.7. The molecular formula is C83H68N4. The third-order valence-electron chi connectivity index (χ3n) is 18.2. The number of anilines is 6. The van der Waals surface area contributed by atoms with Gasteiger partial charge in [0.2, 0.25) is 0 Å². The van der Waals surface area contributed by atoms with E-state index in [2.05, 4.69) is 327 Å². The van der Waals surface area contributed by atoms with Gasteiger partial charge in [-0.05, 0) is 244 Å². The van der Waals surface area contributed by atoms with E-state index in [0.29, 0.717) is 0 Å². The average Bonchev–Trinajstić information content (AvgIpc) is 1.75. The second kappa shape index (κ2) is 22.2. The van der Waals surface area contributed by atoms with Gasteiger partial charge in [-0.15, -0.1) is 0 Å². The summed E-state index contributed by atoms with van der Waals surface area (Å²) >= 11 is 0. The normalized spacial score (nSPS) is 11.7. The van der Waals surface area contributed by atoms with Crippen LogP contribution in [0.5, 0.6) is 0 Å². The molecule has 0 aliphatic carbocycles. The Hall–Kier alpha value is -10.4. The molecule has 0 unspecified atom stereocenters. The molecule has 0 aliphatic heterocycles. The van der Waals surface area contributed by atoms with Crippen LogP contribution in [0, 0.1) is 6.92 Å². The molecule has 420 valence electrons. The van der Waals surface area contributed by atoms with Crippen LogP contribution in [-0.4, -0.2) is 9.13 Å². The first-order chi connectivity index (χ1) is 42.9. The quantitative estimate of drug-likeness (QED) is 0.101. The Kier molecular flexibility index (Phi) is 13.6. The van der Waals surface area contributed by atoms with Gasteiger partial charge in [-0.1, -0.05) is 161 Å². The van der Waals surface area contributed by atoms with Crippen molar-refractivity contribution in [2.45, 2.75) is 60.3 Å². The summed E-state index contributed by atoms with van der Waals surface area (Å²) in [5, 5.41) is 10.2. The first-order valence-corrected chi connectivity index (χ1v) is 31.1. The van der Waals surface area contributed by atoms with Crippen molar-refractivity contribution in [2.24, 2.45) is 0 Å². The lowest BCUT2D eigenvalue weighted by Gasteiger charge is -2.26. The van der Waals surface area contributed by atoms with Gasteiger partial charge in [0, 0.05) is 67.0 Å². The summed E-state index contributed by atoms with van der Waals surface area (Å²) in [6.45, 7) is 11.2. The highest BCUT2D eigenvalue weighted by Crippen LogP contribution is 2.47. The van der Waals surface area contributed by atoms with E-state index in [4.69, 9.17) is 0 Å². The topological polar surface area (TPSA) is 16.3 Å². The smallest absolute Gasteiger partial charge is 0.0541 e. The minimum Gasteiger partial charge on any atom is -0.311 e. The van der Waals surface area contributed by atoms with E-state index in [1.807, 2.05) is 0 Å². The molecule has 15 aromatic rings. The highest BCUT2D eigenvalue weighted by Gasteiger charge is 2.22. The maximum absolute atomic E-state index is 2.43. The number of aromatic nitrogens is 2. The summed E-state index contributed by atoms with van der Waals surface area (Å²) in [6, 6.07) is 102. The summed E-state index contributed by atoms with van der Waals surface area (Å²) in [6.07, 6.45) is 4.04. The van der Waals surface area contributed by atoms with Gasteiger partial charge in [-0.3, -0.25) is 0 Å². The second-order valence-corrected chi connectivity index (χ2v) is 23.3. The predicted octanol–water partition coefficient (Wildman–Crippen LogP) is 23.0. The Bertz CT molecular complexity index is 4930. The number of nitrogens with zero attached hydrogens (tertiary/aromatic N) is 4. The summed E-state index contributed by atoms with van der Waals surface area (Å²) in [5.74, 6) is 0. The third-order valence-corrected chi connectivity index (χ3v) is 18.2. The molecule has 4 heteroatoms. The van der Waals surface area contributed by atoms with Gasteiger partial charge in [-0.25, -0.2) is 0 Å². The van der Waals surface area contributed by atoms with Crippen molar-refractivity contribution in [1.82, 2.24) is 9.13 Å². The lowest BCUT2D eigenvalue weighted by molar-refractivity contribution is 1.13. The van der Waals surface area contributed by atoms with Crippen molar-refractivity contribution in [3.63, 3.8) is 0 Å². The molecule has 0 amide bonds. The fourth-order valence-corrected chi connectivity index (χ4v) is 13.7. The Morgan fingerprint density at radius 1 is 0.253 bits per heavy atom. The molecule has 0 radical (unpaired) electrons. The fraction of sp³-hybridized carbons (Fsp3) is 0.108. The largest absolute Gasteiger partial charge is 0.311 e. The van der Waals surface area contributed by atoms with Crippen LogP contribution in [0.15, 0.2) is 273 Å². The van der Waals surface area contributed by atoms with Gasteiger partial charge in [-0.2, -0.15) is 0 Å². The molecular weight excluding hydrogens is 1050 g/mol. The number of hydrogen-bond acceptors (Lipinski definition) is 2. The molecule has 15 rings (SSSR count). The monoisotopic (exact) mass is 1120 g/mol. The Morgan fingerprint density at radius 3 is 0.897 bits per heavy atom. The van der Waals surface area contributed by atoms with Crippen molar-refractivity contribution < 1.29 is 0 Å². The Labute approximate surface area is 510 Å². The lowest BCUT2D eigenvalue weighted by Crippen LogP contribution is -2.10. The van der Waals surface area contributed by atoms with E-state index in [0.717, 1.165) is 71.2 Å². The number of aryl methyl sites for hydroxylation is 5. The van der Waals surface area contributed by atoms with Crippen molar-refractivity contribution >= 4 is 99.3 Å². The Morgan fingerprint density at radius 2 is 0.552 bits per heavy atom. The van der Waals surface area contributed by atoms with Gasteiger partial charge >= 0.3 is 0 Å². The Balaban J connectivity index is 0.785. The average molecular weight is 1120 g/mol. The van der Waals surface area contributed by atoms with Crippen molar-refractivity contribution in [3.05, 3.63) is 301 Å². The first-order valence-electron chi connectivity index (χ1n) is 31.1. The van der Waals surface area contributed by atoms with Crippen molar-refractivity contribution in [3.8, 4) is 33.6 Å². The highest BCUT2D eigenvalue weighted by molar-refractivity contribution is 6.22. The number of para-hydroxylation sites is 2. The van der Waals surface area contributed by atoms with E-state index >= 15 is 0 Å². The highest BCUT2D eigenvalue weighted by atomic mass is 15.1. The van der Waals surface area contributed by atoms with Gasteiger partial charge in [0.25, 0.3) is 0 Å². The zero-order chi connectivity index (χ0) is 58.7. The van der Waals surface area contributed by atoms with Crippen LogP contribution in [0.1, 0.15) is 55.5 Å². The maximum atomic E-state index is 2.43. The van der Waals surface area contributed by atoms with Crippen molar-refractivity contribution in [1.29, 1.82) is 0 Å². The summed E-state index contributed by atoms with van der Waals surface area (Å²) in [5.41, 5.74) is 25.3. The number of hydrogen-bond donors (Lipinski definition) is 0. The van der Waals surface area contributed by atoms with Gasteiger partial charge in [0.05, 0.1) is 22.1 Å². The van der Waals surface area contributed by atoms with E-state index in [1.54, 1.807) is 0 Å². The number of rotatable bonds is 14. The van der Waals surface area contributed by atoms with Crippen LogP contribution < -0.4 is 9.80 Å². The molecule has 87 heavy (non-hydrogen) atoms. The van der Waals surface area contributed by atoms with Crippen LogP contribution in [0.25, 0.3) is 98.8 Å². The summed E-state index contributed by atoms with van der Waals surface area (Å²) in [7, 11) is 0. The molecule has 0 bridgehead atoms. The minimum atomic E-state index is 1.01. The molecule has 0 saturated carbocycles. The van der Waals surface area contributed by atoms with E-state index in [9.17, 15) is 0 Å². The third kappa shape index (κ3) is 9.32. The number of fused-ring (bicyclic) bond motifs is 8. The number of benzene rings is 13. The van der Waals surface area contributed by atoms with Crippen LogP contribution in [0.2, 0.25) is 0 Å². The minimum absolute atomic E-state index is 1.01. The molecule has 13 aromatic carbocycles. The van der Waals surface area contributed by atoms with E-state index in [-0.39, 0.29) is 0 Å². The predicted molar refractivity (Wildman–Crippen MR) is 373 cm³/mol. The van der Waals surface area contributed by atoms with E-state index < -0.39 is 0 Å². The van der Waals surface area contributed by atoms with Crippen LogP contribution in [0.3, 0.4) is 0 Å².